The van der Waals surface area contributed by atoms with Gasteiger partial charge in [0, 0.05) is 33.9 Å². The van der Waals surface area contributed by atoms with Gasteiger partial charge >= 0.3 is 0 Å². The molecule has 0 aliphatic carbocycles. The van der Waals surface area contributed by atoms with Crippen LogP contribution in [0, 0.1) is 0 Å². The van der Waals surface area contributed by atoms with E-state index < -0.39 is 0 Å². The van der Waals surface area contributed by atoms with Crippen LogP contribution >= 0.6 is 0 Å². The first-order valence-electron chi connectivity index (χ1n) is 17.4. The molecule has 6 aromatic carbocycles. The molecular formula is C46H36N4. The lowest BCUT2D eigenvalue weighted by Crippen LogP contribution is -2.26. The first-order valence-corrected chi connectivity index (χ1v) is 17.4. The molecule has 7 aromatic rings. The third-order valence-corrected chi connectivity index (χ3v) is 10.7. The highest BCUT2D eigenvalue weighted by molar-refractivity contribution is 6.12. The molecule has 240 valence electrons. The van der Waals surface area contributed by atoms with Crippen LogP contribution in [0.25, 0.3) is 33.1 Å². The zero-order valence-corrected chi connectivity index (χ0v) is 27.6. The Morgan fingerprint density at radius 2 is 1.24 bits per heavy atom. The molecule has 5 atom stereocenters. The van der Waals surface area contributed by atoms with E-state index in [2.05, 4.69) is 202 Å². The number of nitrogens with one attached hydrogen (secondary N) is 1. The molecule has 2 saturated heterocycles. The number of anilines is 2. The average molecular weight is 645 g/mol. The summed E-state index contributed by atoms with van der Waals surface area (Å²) in [4.78, 5) is 4.95. The second-order valence-electron chi connectivity index (χ2n) is 13.5. The van der Waals surface area contributed by atoms with Crippen molar-refractivity contribution in [3.63, 3.8) is 0 Å². The van der Waals surface area contributed by atoms with Crippen molar-refractivity contribution >= 4 is 38.8 Å². The first kappa shape index (κ1) is 29.0. The Morgan fingerprint density at radius 1 is 0.560 bits per heavy atom. The number of rotatable bonds is 5. The number of nitrogens with zero attached hydrogens (tertiary/aromatic N) is 3. The van der Waals surface area contributed by atoms with Crippen LogP contribution in [0.5, 0.6) is 0 Å². The molecule has 2 fully saturated rings. The number of hydrogen-bond acceptors (Lipinski definition) is 3. The van der Waals surface area contributed by atoms with Gasteiger partial charge in [-0.25, -0.2) is 0 Å². The maximum Gasteiger partial charge on any atom is 0.0875 e. The van der Waals surface area contributed by atoms with Crippen LogP contribution in [0.4, 0.5) is 11.4 Å². The van der Waals surface area contributed by atoms with Crippen molar-refractivity contribution in [1.29, 1.82) is 0 Å². The maximum atomic E-state index is 4.51. The minimum atomic E-state index is 0.128. The Labute approximate surface area is 292 Å². The van der Waals surface area contributed by atoms with Crippen LogP contribution in [0.1, 0.15) is 40.5 Å². The molecule has 0 spiro atoms. The largest absolute Gasteiger partial charge is 0.316 e. The highest BCUT2D eigenvalue weighted by atomic mass is 15.5. The highest BCUT2D eigenvalue weighted by Gasteiger charge is 2.61. The van der Waals surface area contributed by atoms with Gasteiger partial charge in [0.15, 0.2) is 0 Å². The molecule has 3 aliphatic heterocycles. The fraction of sp³-hybridized carbons (Fsp3) is 0.0870. The summed E-state index contributed by atoms with van der Waals surface area (Å²) in [6.07, 6.45) is 8.59. The molecule has 0 saturated carbocycles. The molecule has 4 heteroatoms. The lowest BCUT2D eigenvalue weighted by Gasteiger charge is -2.27. The van der Waals surface area contributed by atoms with Crippen LogP contribution < -0.4 is 10.2 Å². The van der Waals surface area contributed by atoms with Crippen molar-refractivity contribution in [2.45, 2.75) is 24.3 Å². The second kappa shape index (κ2) is 11.6. The molecule has 4 nitrogen and oxygen atoms in total. The zero-order chi connectivity index (χ0) is 33.2. The highest BCUT2D eigenvalue weighted by Crippen LogP contribution is 2.59. The summed E-state index contributed by atoms with van der Waals surface area (Å²) in [5, 5.41) is 6.45. The van der Waals surface area contributed by atoms with Crippen molar-refractivity contribution in [3.8, 4) is 5.69 Å². The summed E-state index contributed by atoms with van der Waals surface area (Å²) < 4.78 is 2.38. The van der Waals surface area contributed by atoms with E-state index in [0.717, 1.165) is 28.2 Å². The summed E-state index contributed by atoms with van der Waals surface area (Å²) in [5.74, 6) is 0. The van der Waals surface area contributed by atoms with E-state index in [9.17, 15) is 0 Å². The van der Waals surface area contributed by atoms with Gasteiger partial charge in [-0.1, -0.05) is 128 Å². The van der Waals surface area contributed by atoms with Crippen molar-refractivity contribution in [3.05, 3.63) is 205 Å². The first-order chi connectivity index (χ1) is 24.7. The van der Waals surface area contributed by atoms with Gasteiger partial charge < -0.3 is 9.47 Å². The fourth-order valence-corrected chi connectivity index (χ4v) is 8.39. The molecule has 3 aliphatic rings. The summed E-state index contributed by atoms with van der Waals surface area (Å²) in [5.41, 5.74) is 11.8. The topological polar surface area (TPSA) is 23.2 Å². The summed E-state index contributed by atoms with van der Waals surface area (Å²) in [6, 6.07) is 56.1. The van der Waals surface area contributed by atoms with Crippen LogP contribution in [0.15, 0.2) is 183 Å². The van der Waals surface area contributed by atoms with Crippen LogP contribution in [0.3, 0.4) is 0 Å². The fourth-order valence-electron chi connectivity index (χ4n) is 8.39. The Balaban J connectivity index is 1.06. The number of hydrogen-bond donors (Lipinski definition) is 1. The Kier molecular flexibility index (Phi) is 6.73. The van der Waals surface area contributed by atoms with Gasteiger partial charge in [-0.2, -0.15) is 0 Å². The smallest absolute Gasteiger partial charge is 0.0875 e. The molecule has 0 radical (unpaired) electrons. The number of aromatic nitrogens is 1. The van der Waals surface area contributed by atoms with E-state index in [0.29, 0.717) is 12.1 Å². The molecular weight excluding hydrogens is 609 g/mol. The van der Waals surface area contributed by atoms with E-state index in [-0.39, 0.29) is 12.2 Å². The van der Waals surface area contributed by atoms with Gasteiger partial charge in [0.05, 0.1) is 41.0 Å². The van der Waals surface area contributed by atoms with Crippen molar-refractivity contribution in [1.82, 2.24) is 14.8 Å². The van der Waals surface area contributed by atoms with Crippen LogP contribution in [-0.2, 0) is 0 Å². The third-order valence-electron chi connectivity index (χ3n) is 10.7. The minimum absolute atomic E-state index is 0.128. The molecule has 0 bridgehead atoms. The maximum absolute atomic E-state index is 4.51. The van der Waals surface area contributed by atoms with E-state index in [1.807, 2.05) is 0 Å². The minimum Gasteiger partial charge on any atom is -0.316 e. The van der Waals surface area contributed by atoms with Crippen molar-refractivity contribution in [2.24, 2.45) is 0 Å². The quantitative estimate of drug-likeness (QED) is 0.189. The Bertz CT molecular complexity index is 2440. The zero-order valence-electron chi connectivity index (χ0n) is 27.6. The lowest BCUT2D eigenvalue weighted by atomic mass is 9.98. The lowest BCUT2D eigenvalue weighted by molar-refractivity contribution is 0.358. The molecule has 10 rings (SSSR count). The van der Waals surface area contributed by atoms with Gasteiger partial charge in [-0.3, -0.25) is 10.2 Å². The molecule has 1 aromatic heterocycles. The average Bonchev–Trinajstić information content (AvgIpc) is 3.64. The number of fused-ring (bicyclic) bond motifs is 5. The predicted molar refractivity (Wildman–Crippen MR) is 207 cm³/mol. The van der Waals surface area contributed by atoms with Crippen LogP contribution in [0.2, 0.25) is 0 Å². The number of para-hydroxylation sites is 2. The van der Waals surface area contributed by atoms with Crippen molar-refractivity contribution in [2.75, 3.05) is 4.90 Å². The Morgan fingerprint density at radius 3 is 2.00 bits per heavy atom. The standard InChI is InChI=1S/C46H36N4/c1-31-15-13-14-28-48(41-30-42-39(29-38(31)41)37-22-11-12-23-40(37)49(42)36-20-9-4-10-21-36)35-26-24-34(25-27-35)46-47-43(32-16-5-2-6-17-32)45-44(50(45)46)33-18-7-3-8-19-33/h2-30,43-47H,1H2/b15-13-,28-14-/t43?,44?,45?,46?,50-/m1/s1. The SMILES string of the molecule is C=C1/C=C\C=C/N(c2ccc(C3NC(c4ccccc4)C4C(c5ccccc5)[N@@]34)cc2)c2cc3c(cc21)c1ccccc1n3-c1ccccc1. The van der Waals surface area contributed by atoms with E-state index in [1.54, 1.807) is 0 Å². The molecule has 1 N–H and O–H groups in total. The molecule has 0 amide bonds. The monoisotopic (exact) mass is 644 g/mol. The third kappa shape index (κ3) is 4.61. The van der Waals surface area contributed by atoms with Gasteiger partial charge in [-0.05, 0) is 70.8 Å². The Hall–Kier alpha value is -5.94. The van der Waals surface area contributed by atoms with Gasteiger partial charge in [0.25, 0.3) is 0 Å². The molecule has 4 unspecified atom stereocenters. The summed E-state index contributed by atoms with van der Waals surface area (Å²) >= 11 is 0. The molecule has 50 heavy (non-hydrogen) atoms. The van der Waals surface area contributed by atoms with E-state index in [4.69, 9.17) is 0 Å². The number of benzene rings is 6. The summed E-state index contributed by atoms with van der Waals surface area (Å²) in [7, 11) is 0. The van der Waals surface area contributed by atoms with Gasteiger partial charge in [0.1, 0.15) is 0 Å². The normalized spacial score (nSPS) is 23.6. The molecule has 4 heterocycles. The summed E-state index contributed by atoms with van der Waals surface area (Å²) in [6.45, 7) is 4.51. The van der Waals surface area contributed by atoms with Crippen LogP contribution in [-0.4, -0.2) is 15.5 Å². The van der Waals surface area contributed by atoms with E-state index in [1.165, 1.54) is 38.5 Å². The van der Waals surface area contributed by atoms with Gasteiger partial charge in [0.2, 0.25) is 0 Å². The van der Waals surface area contributed by atoms with Gasteiger partial charge in [-0.15, -0.1) is 0 Å². The van der Waals surface area contributed by atoms with E-state index >= 15 is 0 Å². The number of allylic oxidation sites excluding steroid dienone is 4. The van der Waals surface area contributed by atoms with Crippen molar-refractivity contribution < 1.29 is 0 Å². The second-order valence-corrected chi connectivity index (χ2v) is 13.5. The predicted octanol–water partition coefficient (Wildman–Crippen LogP) is 10.8.